The third-order valence-electron chi connectivity index (χ3n) is 3.39. The summed E-state index contributed by atoms with van der Waals surface area (Å²) in [6, 6.07) is 5.75. The van der Waals surface area contributed by atoms with Crippen LogP contribution in [0.2, 0.25) is 0 Å². The molecule has 1 N–H and O–H groups in total. The van der Waals surface area contributed by atoms with Crippen molar-refractivity contribution < 1.29 is 0 Å². The van der Waals surface area contributed by atoms with Gasteiger partial charge in [-0.15, -0.1) is 20.4 Å². The van der Waals surface area contributed by atoms with Crippen LogP contribution < -0.4 is 5.32 Å². The minimum Gasteiger partial charge on any atom is -0.353 e. The number of anilines is 1. The summed E-state index contributed by atoms with van der Waals surface area (Å²) in [7, 11) is 0. The van der Waals surface area contributed by atoms with Crippen molar-refractivity contribution in [2.45, 2.75) is 25.9 Å². The van der Waals surface area contributed by atoms with Crippen molar-refractivity contribution in [1.29, 1.82) is 0 Å². The maximum absolute atomic E-state index is 4.27. The average Bonchev–Trinajstić information content (AvgIpc) is 3.23. The molecule has 7 nitrogen and oxygen atoms in total. The van der Waals surface area contributed by atoms with Gasteiger partial charge < -0.3 is 9.88 Å². The molecule has 4 heterocycles. The third kappa shape index (κ3) is 2.38. The molecule has 0 atom stereocenters. The molecule has 1 aliphatic rings. The Labute approximate surface area is 125 Å². The van der Waals surface area contributed by atoms with Crippen LogP contribution in [0.25, 0.3) is 10.7 Å². The van der Waals surface area contributed by atoms with Crippen LogP contribution in [0.4, 0.5) is 5.13 Å². The van der Waals surface area contributed by atoms with Crippen molar-refractivity contribution in [2.75, 3.05) is 5.32 Å². The highest BCUT2D eigenvalue weighted by Gasteiger charge is 2.17. The van der Waals surface area contributed by atoms with E-state index in [2.05, 4.69) is 35.3 Å². The van der Waals surface area contributed by atoms with Crippen LogP contribution in [-0.4, -0.2) is 29.9 Å². The predicted octanol–water partition coefficient (Wildman–Crippen LogP) is 1.75. The lowest BCUT2D eigenvalue weighted by atomic mass is 10.4. The zero-order valence-electron chi connectivity index (χ0n) is 11.2. The van der Waals surface area contributed by atoms with Gasteiger partial charge in [0.15, 0.2) is 10.8 Å². The second kappa shape index (κ2) is 5.21. The first kappa shape index (κ1) is 12.4. The number of pyridine rings is 1. The first-order valence-electron chi connectivity index (χ1n) is 6.80. The van der Waals surface area contributed by atoms with E-state index in [0.29, 0.717) is 6.54 Å². The van der Waals surface area contributed by atoms with Crippen LogP contribution >= 0.6 is 11.3 Å². The summed E-state index contributed by atoms with van der Waals surface area (Å²) in [5.41, 5.74) is 0.839. The van der Waals surface area contributed by atoms with Gasteiger partial charge >= 0.3 is 0 Å². The highest BCUT2D eigenvalue weighted by Crippen LogP contribution is 2.24. The van der Waals surface area contributed by atoms with E-state index >= 15 is 0 Å². The molecule has 1 aliphatic heterocycles. The molecule has 0 spiro atoms. The normalized spacial score (nSPS) is 13.3. The number of hydrogen-bond acceptors (Lipinski definition) is 7. The molecular weight excluding hydrogens is 286 g/mol. The smallest absolute Gasteiger partial charge is 0.206 e. The van der Waals surface area contributed by atoms with Crippen molar-refractivity contribution in [1.82, 2.24) is 29.9 Å². The number of nitrogens with zero attached hydrogens (tertiary/aromatic N) is 6. The Morgan fingerprint density at radius 3 is 3.10 bits per heavy atom. The Bertz CT molecular complexity index is 749. The maximum atomic E-state index is 4.27. The predicted molar refractivity (Wildman–Crippen MR) is 78.8 cm³/mol. The number of fused-ring (bicyclic) bond motifs is 1. The SMILES string of the molecule is c1ccc(-c2nnc(NCc3nnc4n3CCC4)s2)nc1. The lowest BCUT2D eigenvalue weighted by molar-refractivity contribution is 0.695. The van der Waals surface area contributed by atoms with Gasteiger partial charge in [0.05, 0.1) is 6.54 Å². The Morgan fingerprint density at radius 1 is 1.19 bits per heavy atom. The fourth-order valence-corrected chi connectivity index (χ4v) is 3.10. The van der Waals surface area contributed by atoms with Gasteiger partial charge in [0, 0.05) is 19.2 Å². The van der Waals surface area contributed by atoms with E-state index in [4.69, 9.17) is 0 Å². The fraction of sp³-hybridized carbons (Fsp3) is 0.308. The topological polar surface area (TPSA) is 81.4 Å². The van der Waals surface area contributed by atoms with Gasteiger partial charge in [0.25, 0.3) is 0 Å². The lowest BCUT2D eigenvalue weighted by Crippen LogP contribution is -2.07. The van der Waals surface area contributed by atoms with E-state index < -0.39 is 0 Å². The van der Waals surface area contributed by atoms with E-state index in [1.54, 1.807) is 6.20 Å². The van der Waals surface area contributed by atoms with Crippen LogP contribution in [0.3, 0.4) is 0 Å². The van der Waals surface area contributed by atoms with Crippen LogP contribution in [0.5, 0.6) is 0 Å². The summed E-state index contributed by atoms with van der Waals surface area (Å²) >= 11 is 1.49. The second-order valence-corrected chi connectivity index (χ2v) is 5.75. The molecule has 8 heteroatoms. The van der Waals surface area contributed by atoms with Crippen molar-refractivity contribution in [3.05, 3.63) is 36.0 Å². The van der Waals surface area contributed by atoms with E-state index in [-0.39, 0.29) is 0 Å². The summed E-state index contributed by atoms with van der Waals surface area (Å²) in [5, 5.41) is 21.5. The molecule has 0 aliphatic carbocycles. The first-order chi connectivity index (χ1) is 10.4. The van der Waals surface area contributed by atoms with Crippen molar-refractivity contribution in [2.24, 2.45) is 0 Å². The Morgan fingerprint density at radius 2 is 2.19 bits per heavy atom. The van der Waals surface area contributed by atoms with E-state index in [9.17, 15) is 0 Å². The molecule has 0 unspecified atom stereocenters. The number of nitrogens with one attached hydrogen (secondary N) is 1. The highest BCUT2D eigenvalue weighted by atomic mass is 32.1. The van der Waals surface area contributed by atoms with E-state index in [1.165, 1.54) is 11.3 Å². The zero-order chi connectivity index (χ0) is 14.1. The second-order valence-electron chi connectivity index (χ2n) is 4.77. The quantitative estimate of drug-likeness (QED) is 0.790. The summed E-state index contributed by atoms with van der Waals surface area (Å²) in [6.07, 6.45) is 3.93. The lowest BCUT2D eigenvalue weighted by Gasteiger charge is -2.02. The molecule has 0 amide bonds. The molecule has 4 rings (SSSR count). The Hall–Kier alpha value is -2.35. The number of aromatic nitrogens is 6. The average molecular weight is 299 g/mol. The highest BCUT2D eigenvalue weighted by molar-refractivity contribution is 7.18. The molecule has 106 valence electrons. The van der Waals surface area contributed by atoms with Crippen molar-refractivity contribution in [3.8, 4) is 10.7 Å². The fourth-order valence-electron chi connectivity index (χ4n) is 2.38. The molecule has 0 radical (unpaired) electrons. The minimum absolute atomic E-state index is 0.615. The Balaban J connectivity index is 1.47. The summed E-state index contributed by atoms with van der Waals surface area (Å²) in [4.78, 5) is 4.27. The molecule has 0 saturated heterocycles. The maximum Gasteiger partial charge on any atom is 0.206 e. The van der Waals surface area contributed by atoms with Crippen molar-refractivity contribution in [3.63, 3.8) is 0 Å². The van der Waals surface area contributed by atoms with Crippen LogP contribution in [0.1, 0.15) is 18.1 Å². The van der Waals surface area contributed by atoms with Gasteiger partial charge in [-0.3, -0.25) is 4.98 Å². The van der Waals surface area contributed by atoms with Gasteiger partial charge in [0.1, 0.15) is 11.5 Å². The van der Waals surface area contributed by atoms with Crippen LogP contribution in [0, 0.1) is 0 Å². The van der Waals surface area contributed by atoms with Gasteiger partial charge in [-0.1, -0.05) is 17.4 Å². The van der Waals surface area contributed by atoms with Gasteiger partial charge in [-0.05, 0) is 18.6 Å². The standard InChI is InChI=1S/C13H13N7S/c1-2-6-14-9(4-1)12-18-19-13(21-12)15-8-11-17-16-10-5-3-7-20(10)11/h1-2,4,6H,3,5,7-8H2,(H,15,19). The minimum atomic E-state index is 0.615. The van der Waals surface area contributed by atoms with Crippen molar-refractivity contribution >= 4 is 16.5 Å². The first-order valence-corrected chi connectivity index (χ1v) is 7.61. The Kier molecular flexibility index (Phi) is 3.07. The molecular formula is C13H13N7S. The summed E-state index contributed by atoms with van der Waals surface area (Å²) < 4.78 is 2.17. The molecule has 3 aromatic rings. The summed E-state index contributed by atoms with van der Waals surface area (Å²) in [5.74, 6) is 2.04. The number of aryl methyl sites for hydroxylation is 1. The molecule has 0 fully saturated rings. The molecule has 0 saturated carbocycles. The van der Waals surface area contributed by atoms with Gasteiger partial charge in [-0.2, -0.15) is 0 Å². The van der Waals surface area contributed by atoms with E-state index in [0.717, 1.165) is 46.9 Å². The van der Waals surface area contributed by atoms with Crippen LogP contribution in [-0.2, 0) is 19.5 Å². The monoisotopic (exact) mass is 299 g/mol. The number of rotatable bonds is 4. The van der Waals surface area contributed by atoms with E-state index in [1.807, 2.05) is 18.2 Å². The zero-order valence-corrected chi connectivity index (χ0v) is 12.0. The number of hydrogen-bond donors (Lipinski definition) is 1. The van der Waals surface area contributed by atoms with Gasteiger partial charge in [0.2, 0.25) is 5.13 Å². The summed E-state index contributed by atoms with van der Waals surface area (Å²) in [6.45, 7) is 1.62. The molecule has 0 aromatic carbocycles. The van der Waals surface area contributed by atoms with Gasteiger partial charge in [-0.25, -0.2) is 0 Å². The largest absolute Gasteiger partial charge is 0.353 e. The molecule has 3 aromatic heterocycles. The molecule has 0 bridgehead atoms. The third-order valence-corrected chi connectivity index (χ3v) is 4.30. The molecule has 21 heavy (non-hydrogen) atoms. The van der Waals surface area contributed by atoms with Crippen LogP contribution in [0.15, 0.2) is 24.4 Å².